The molecule has 0 radical (unpaired) electrons. The number of fused-ring (bicyclic) bond motifs is 5. The van der Waals surface area contributed by atoms with Crippen LogP contribution in [0.2, 0.25) is 0 Å². The topological polar surface area (TPSA) is 29.5 Å². The summed E-state index contributed by atoms with van der Waals surface area (Å²) in [6, 6.07) is 10.3. The molecule has 5 rings (SSSR count). The highest BCUT2D eigenvalue weighted by atomic mass is 16.5. The first-order chi connectivity index (χ1) is 14.4. The molecule has 8 atom stereocenters. The summed E-state index contributed by atoms with van der Waals surface area (Å²) >= 11 is 0. The number of aliphatic hydroxyl groups excluding tert-OH is 1. The van der Waals surface area contributed by atoms with Crippen LogP contribution in [0.1, 0.15) is 72.1 Å². The number of aliphatic hydroxyl groups is 1. The molecular weight excluding hydrogens is 368 g/mol. The summed E-state index contributed by atoms with van der Waals surface area (Å²) in [6.07, 6.45) is 12.4. The summed E-state index contributed by atoms with van der Waals surface area (Å²) in [4.78, 5) is 0. The molecule has 0 saturated heterocycles. The van der Waals surface area contributed by atoms with Gasteiger partial charge in [-0.1, -0.05) is 50.6 Å². The molecule has 4 aliphatic carbocycles. The van der Waals surface area contributed by atoms with Gasteiger partial charge in [0, 0.05) is 0 Å². The molecule has 30 heavy (non-hydrogen) atoms. The minimum atomic E-state index is -0.101. The van der Waals surface area contributed by atoms with E-state index in [4.69, 9.17) is 4.74 Å². The lowest BCUT2D eigenvalue weighted by atomic mass is 9.47. The molecule has 2 heteroatoms. The van der Waals surface area contributed by atoms with Crippen molar-refractivity contribution in [1.82, 2.24) is 0 Å². The van der Waals surface area contributed by atoms with Crippen molar-refractivity contribution >= 4 is 0 Å². The molecule has 0 bridgehead atoms. The van der Waals surface area contributed by atoms with E-state index in [2.05, 4.69) is 57.2 Å². The van der Waals surface area contributed by atoms with Crippen LogP contribution in [0.3, 0.4) is 0 Å². The van der Waals surface area contributed by atoms with Gasteiger partial charge in [-0.2, -0.15) is 0 Å². The monoisotopic (exact) mass is 408 g/mol. The number of allylic oxidation sites excluding steroid dienone is 1. The van der Waals surface area contributed by atoms with Crippen molar-refractivity contribution in [3.05, 3.63) is 42.0 Å². The van der Waals surface area contributed by atoms with Gasteiger partial charge in [0.25, 0.3) is 0 Å². The molecule has 3 saturated carbocycles. The van der Waals surface area contributed by atoms with Crippen LogP contribution in [0.15, 0.2) is 42.0 Å². The van der Waals surface area contributed by atoms with E-state index in [1.807, 2.05) is 0 Å². The number of para-hydroxylation sites is 1. The lowest BCUT2D eigenvalue weighted by molar-refractivity contribution is -0.0591. The molecule has 1 N–H and O–H groups in total. The first-order valence-corrected chi connectivity index (χ1v) is 12.5. The van der Waals surface area contributed by atoms with E-state index in [-0.39, 0.29) is 6.10 Å². The molecule has 2 nitrogen and oxygen atoms in total. The third-order valence-corrected chi connectivity index (χ3v) is 10.1. The van der Waals surface area contributed by atoms with Crippen LogP contribution in [0.5, 0.6) is 5.75 Å². The fourth-order valence-corrected chi connectivity index (χ4v) is 8.48. The average molecular weight is 409 g/mol. The zero-order valence-corrected chi connectivity index (χ0v) is 19.1. The Kier molecular flexibility index (Phi) is 5.29. The summed E-state index contributed by atoms with van der Waals surface area (Å²) in [5.74, 6) is 4.93. The third kappa shape index (κ3) is 3.25. The van der Waals surface area contributed by atoms with Gasteiger partial charge in [-0.05, 0) is 104 Å². The van der Waals surface area contributed by atoms with Crippen LogP contribution in [0.4, 0.5) is 0 Å². The molecule has 1 aromatic rings. The predicted molar refractivity (Wildman–Crippen MR) is 122 cm³/mol. The Hall–Kier alpha value is -1.28. The molecule has 0 heterocycles. The van der Waals surface area contributed by atoms with Crippen LogP contribution in [0.25, 0.3) is 0 Å². The Morgan fingerprint density at radius 3 is 2.63 bits per heavy atom. The van der Waals surface area contributed by atoms with Crippen LogP contribution in [-0.2, 0) is 0 Å². The van der Waals surface area contributed by atoms with Crippen molar-refractivity contribution < 1.29 is 9.84 Å². The minimum absolute atomic E-state index is 0.101. The Bertz CT molecular complexity index is 785. The Balaban J connectivity index is 1.31. The number of ether oxygens (including phenoxy) is 1. The Labute approximate surface area is 183 Å². The summed E-state index contributed by atoms with van der Waals surface area (Å²) in [6.45, 7) is 8.42. The fourth-order valence-electron chi connectivity index (χ4n) is 8.48. The van der Waals surface area contributed by atoms with Crippen LogP contribution >= 0.6 is 0 Å². The maximum absolute atomic E-state index is 10.2. The largest absolute Gasteiger partial charge is 0.493 e. The zero-order valence-electron chi connectivity index (χ0n) is 19.1. The highest BCUT2D eigenvalue weighted by Gasteiger charge is 2.59. The lowest BCUT2D eigenvalue weighted by Crippen LogP contribution is -2.51. The predicted octanol–water partition coefficient (Wildman–Crippen LogP) is 6.64. The van der Waals surface area contributed by atoms with Crippen LogP contribution < -0.4 is 4.74 Å². The Morgan fingerprint density at radius 1 is 1.03 bits per heavy atom. The molecule has 0 spiro atoms. The minimum Gasteiger partial charge on any atom is -0.493 e. The number of benzene rings is 1. The molecular formula is C28H40O2. The average Bonchev–Trinajstić information content (AvgIpc) is 3.10. The Morgan fingerprint density at radius 2 is 1.83 bits per heavy atom. The van der Waals surface area contributed by atoms with E-state index in [0.29, 0.717) is 16.7 Å². The quantitative estimate of drug-likeness (QED) is 0.566. The van der Waals surface area contributed by atoms with E-state index < -0.39 is 0 Å². The highest BCUT2D eigenvalue weighted by molar-refractivity contribution is 5.25. The SMILES string of the molecule is C[C@H](COc1ccccc1)[C@H]1CC[C@H]2[C@@H]3CC=C4C[C@@H](O)CC[C@]4(C)[C@H]3CC[C@]12C. The van der Waals surface area contributed by atoms with Gasteiger partial charge in [-0.25, -0.2) is 0 Å². The third-order valence-electron chi connectivity index (χ3n) is 10.1. The summed E-state index contributed by atoms with van der Waals surface area (Å²) in [5.41, 5.74) is 2.41. The van der Waals surface area contributed by atoms with Crippen molar-refractivity contribution in [2.45, 2.75) is 78.2 Å². The molecule has 0 aliphatic heterocycles. The van der Waals surface area contributed by atoms with E-state index >= 15 is 0 Å². The molecule has 0 aromatic heterocycles. The molecule has 3 fully saturated rings. The normalized spacial score (nSPS) is 43.7. The van der Waals surface area contributed by atoms with Gasteiger partial charge in [0.05, 0.1) is 12.7 Å². The van der Waals surface area contributed by atoms with Gasteiger partial charge in [0.1, 0.15) is 5.75 Å². The summed E-state index contributed by atoms with van der Waals surface area (Å²) in [5, 5.41) is 10.2. The highest BCUT2D eigenvalue weighted by Crippen LogP contribution is 2.67. The number of hydrogen-bond donors (Lipinski definition) is 1. The van der Waals surface area contributed by atoms with Gasteiger partial charge < -0.3 is 9.84 Å². The number of hydrogen-bond acceptors (Lipinski definition) is 2. The van der Waals surface area contributed by atoms with Gasteiger partial charge in [0.15, 0.2) is 0 Å². The first-order valence-electron chi connectivity index (χ1n) is 12.5. The summed E-state index contributed by atoms with van der Waals surface area (Å²) in [7, 11) is 0. The second kappa shape index (κ2) is 7.69. The van der Waals surface area contributed by atoms with Crippen molar-refractivity contribution in [1.29, 1.82) is 0 Å². The van der Waals surface area contributed by atoms with Gasteiger partial charge in [-0.3, -0.25) is 0 Å². The number of rotatable bonds is 4. The zero-order chi connectivity index (χ0) is 20.9. The van der Waals surface area contributed by atoms with E-state index in [1.54, 1.807) is 5.57 Å². The standard InChI is InChI=1S/C28H40O2/c1-19(18-30-22-7-5-4-6-8-22)24-11-12-25-23-10-9-20-17-21(29)13-15-27(20,2)26(23)14-16-28(24,25)3/h4-9,19,21,23-26,29H,10-18H2,1-3H3/t19-,21+,23+,24-,25+,26+,27+,28-/m1/s1. The smallest absolute Gasteiger partial charge is 0.119 e. The van der Waals surface area contributed by atoms with Crippen molar-refractivity contribution in [3.8, 4) is 5.75 Å². The van der Waals surface area contributed by atoms with E-state index in [1.165, 1.54) is 38.5 Å². The second-order valence-electron chi connectivity index (χ2n) is 11.5. The maximum atomic E-state index is 10.2. The van der Waals surface area contributed by atoms with E-state index in [0.717, 1.165) is 48.9 Å². The van der Waals surface area contributed by atoms with Gasteiger partial charge in [-0.15, -0.1) is 0 Å². The van der Waals surface area contributed by atoms with Crippen molar-refractivity contribution in [2.75, 3.05) is 6.61 Å². The van der Waals surface area contributed by atoms with Gasteiger partial charge in [0.2, 0.25) is 0 Å². The van der Waals surface area contributed by atoms with Crippen LogP contribution in [-0.4, -0.2) is 17.8 Å². The second-order valence-corrected chi connectivity index (χ2v) is 11.5. The summed E-state index contributed by atoms with van der Waals surface area (Å²) < 4.78 is 6.18. The molecule has 0 amide bonds. The fraction of sp³-hybridized carbons (Fsp3) is 0.714. The van der Waals surface area contributed by atoms with Crippen molar-refractivity contribution in [3.63, 3.8) is 0 Å². The molecule has 164 valence electrons. The maximum Gasteiger partial charge on any atom is 0.119 e. The van der Waals surface area contributed by atoms with E-state index in [9.17, 15) is 5.11 Å². The molecule has 0 unspecified atom stereocenters. The first kappa shape index (κ1) is 20.6. The van der Waals surface area contributed by atoms with Gasteiger partial charge >= 0.3 is 0 Å². The lowest BCUT2D eigenvalue weighted by Gasteiger charge is -2.58. The molecule has 1 aromatic carbocycles. The van der Waals surface area contributed by atoms with Crippen molar-refractivity contribution in [2.24, 2.45) is 40.4 Å². The van der Waals surface area contributed by atoms with Crippen LogP contribution in [0, 0.1) is 40.4 Å². The molecule has 4 aliphatic rings.